The van der Waals surface area contributed by atoms with Crippen LogP contribution in [0.5, 0.6) is 5.75 Å². The number of rotatable bonds is 5. The highest BCUT2D eigenvalue weighted by molar-refractivity contribution is 6.30. The molecule has 0 bridgehead atoms. The number of carbonyl (C=O) groups excluding carboxylic acids is 1. The second kappa shape index (κ2) is 9.61. The Morgan fingerprint density at radius 2 is 1.84 bits per heavy atom. The Morgan fingerprint density at radius 3 is 2.52 bits per heavy atom. The van der Waals surface area contributed by atoms with Crippen LogP contribution in [0.1, 0.15) is 45.1 Å². The fraction of sp³-hybridized carbons (Fsp3) is 0.346. The summed E-state index contributed by atoms with van der Waals surface area (Å²) < 4.78 is 11.7. The van der Waals surface area contributed by atoms with Gasteiger partial charge in [0, 0.05) is 46.8 Å². The lowest BCUT2D eigenvalue weighted by molar-refractivity contribution is -0.125. The van der Waals surface area contributed by atoms with Gasteiger partial charge in [-0.3, -0.25) is 4.79 Å². The highest BCUT2D eigenvalue weighted by Gasteiger charge is 2.17. The zero-order chi connectivity index (χ0) is 21.8. The lowest BCUT2D eigenvalue weighted by atomic mass is 9.99. The van der Waals surface area contributed by atoms with E-state index in [-0.39, 0.29) is 5.91 Å². The average Bonchev–Trinajstić information content (AvgIpc) is 2.97. The van der Waals surface area contributed by atoms with E-state index in [1.54, 1.807) is 12.3 Å². The quantitative estimate of drug-likeness (QED) is 0.405. The third-order valence-corrected chi connectivity index (χ3v) is 6.07. The second-order valence-electron chi connectivity index (χ2n) is 8.00. The zero-order valence-electron chi connectivity index (χ0n) is 18.1. The van der Waals surface area contributed by atoms with Gasteiger partial charge in [0.15, 0.2) is 0 Å². The first-order valence-electron chi connectivity index (χ1n) is 11.0. The van der Waals surface area contributed by atoms with Crippen LogP contribution in [0.25, 0.3) is 27.7 Å². The number of ether oxygens (including phenoxy) is 1. The van der Waals surface area contributed by atoms with Gasteiger partial charge in [-0.1, -0.05) is 36.6 Å². The molecule has 2 heterocycles. The second-order valence-corrected chi connectivity index (χ2v) is 8.44. The first kappa shape index (κ1) is 21.5. The topological polar surface area (TPSA) is 42.7 Å². The molecule has 0 unspecified atom stereocenters. The molecule has 0 spiro atoms. The molecule has 1 saturated heterocycles. The molecule has 4 nitrogen and oxygen atoms in total. The van der Waals surface area contributed by atoms with Crippen LogP contribution < -0.4 is 4.74 Å². The molecule has 3 aromatic rings. The molecule has 5 heteroatoms. The first-order chi connectivity index (χ1) is 15.1. The molecule has 31 heavy (non-hydrogen) atoms. The number of amides is 1. The number of likely N-dealkylation sites (tertiary alicyclic amines) is 1. The number of nitrogens with zero attached hydrogens (tertiary/aromatic N) is 1. The van der Waals surface area contributed by atoms with Gasteiger partial charge in [-0.05, 0) is 56.0 Å². The number of hydrogen-bond donors (Lipinski definition) is 0. The summed E-state index contributed by atoms with van der Waals surface area (Å²) in [5.41, 5.74) is 4.57. The molecule has 1 aliphatic heterocycles. The number of carbonyl (C=O) groups is 1. The van der Waals surface area contributed by atoms with Gasteiger partial charge in [0.1, 0.15) is 11.3 Å². The number of benzene rings is 2. The van der Waals surface area contributed by atoms with Gasteiger partial charge in [0.05, 0.1) is 12.9 Å². The maximum absolute atomic E-state index is 12.9. The minimum Gasteiger partial charge on any atom is -0.493 e. The van der Waals surface area contributed by atoms with Crippen molar-refractivity contribution in [2.45, 2.75) is 39.5 Å². The Bertz CT molecular complexity index is 1090. The molecule has 1 fully saturated rings. The van der Waals surface area contributed by atoms with Crippen LogP contribution in [-0.2, 0) is 4.79 Å². The SMILES string of the molecule is CCOc1cc2occ(-c3ccc(Cl)cc3)c2cc1/C(C)=C/C(=O)N1CCCCCC1. The van der Waals surface area contributed by atoms with Crippen molar-refractivity contribution in [2.24, 2.45) is 0 Å². The van der Waals surface area contributed by atoms with E-state index < -0.39 is 0 Å². The molecule has 1 aliphatic rings. The first-order valence-corrected chi connectivity index (χ1v) is 11.4. The molecular weight excluding hydrogens is 410 g/mol. The van der Waals surface area contributed by atoms with Crippen molar-refractivity contribution >= 4 is 34.1 Å². The minimum absolute atomic E-state index is 0.0760. The predicted molar refractivity (Wildman–Crippen MR) is 127 cm³/mol. The van der Waals surface area contributed by atoms with Crippen molar-refractivity contribution in [1.29, 1.82) is 0 Å². The summed E-state index contributed by atoms with van der Waals surface area (Å²) in [4.78, 5) is 14.9. The number of furan rings is 1. The minimum atomic E-state index is 0.0760. The summed E-state index contributed by atoms with van der Waals surface area (Å²) in [6.07, 6.45) is 8.06. The number of hydrogen-bond acceptors (Lipinski definition) is 3. The van der Waals surface area contributed by atoms with Gasteiger partial charge in [-0.15, -0.1) is 0 Å². The standard InChI is InChI=1S/C26H28ClNO3/c1-3-30-24-16-25-22(23(17-31-25)19-8-10-20(27)11-9-19)15-21(24)18(2)14-26(29)28-12-6-4-5-7-13-28/h8-11,14-17H,3-7,12-13H2,1-2H3/b18-14+. The van der Waals surface area contributed by atoms with E-state index in [1.165, 1.54) is 12.8 Å². The summed E-state index contributed by atoms with van der Waals surface area (Å²) in [6.45, 7) is 6.14. The summed E-state index contributed by atoms with van der Waals surface area (Å²) in [5.74, 6) is 0.802. The molecule has 4 rings (SSSR count). The van der Waals surface area contributed by atoms with Crippen molar-refractivity contribution in [3.8, 4) is 16.9 Å². The van der Waals surface area contributed by atoms with Crippen LogP contribution >= 0.6 is 11.6 Å². The van der Waals surface area contributed by atoms with Crippen LogP contribution in [0.15, 0.2) is 53.2 Å². The van der Waals surface area contributed by atoms with E-state index in [0.29, 0.717) is 11.6 Å². The molecule has 162 valence electrons. The third kappa shape index (κ3) is 4.80. The molecule has 1 aromatic heterocycles. The summed E-state index contributed by atoms with van der Waals surface area (Å²) >= 11 is 6.05. The molecule has 0 saturated carbocycles. The van der Waals surface area contributed by atoms with Crippen LogP contribution in [-0.4, -0.2) is 30.5 Å². The Labute approximate surface area is 188 Å². The van der Waals surface area contributed by atoms with E-state index in [1.807, 2.05) is 49.1 Å². The van der Waals surface area contributed by atoms with E-state index >= 15 is 0 Å². The van der Waals surface area contributed by atoms with Gasteiger partial charge in [-0.25, -0.2) is 0 Å². The van der Waals surface area contributed by atoms with E-state index in [0.717, 1.165) is 64.9 Å². The molecule has 0 atom stereocenters. The molecular formula is C26H28ClNO3. The largest absolute Gasteiger partial charge is 0.493 e. The number of allylic oxidation sites excluding steroid dienone is 1. The van der Waals surface area contributed by atoms with Crippen LogP contribution in [0.4, 0.5) is 0 Å². The maximum atomic E-state index is 12.9. The highest BCUT2D eigenvalue weighted by atomic mass is 35.5. The Morgan fingerprint density at radius 1 is 1.13 bits per heavy atom. The van der Waals surface area contributed by atoms with E-state index in [9.17, 15) is 4.79 Å². The van der Waals surface area contributed by atoms with E-state index in [2.05, 4.69) is 6.07 Å². The third-order valence-electron chi connectivity index (χ3n) is 5.81. The van der Waals surface area contributed by atoms with Crippen molar-refractivity contribution < 1.29 is 13.9 Å². The Hall–Kier alpha value is -2.72. The Balaban J connectivity index is 1.73. The van der Waals surface area contributed by atoms with Crippen molar-refractivity contribution in [3.05, 3.63) is 59.3 Å². The van der Waals surface area contributed by atoms with Crippen LogP contribution in [0.2, 0.25) is 5.02 Å². The van der Waals surface area contributed by atoms with Crippen molar-refractivity contribution in [2.75, 3.05) is 19.7 Å². The lowest BCUT2D eigenvalue weighted by Crippen LogP contribution is -2.30. The van der Waals surface area contributed by atoms with Gasteiger partial charge in [0.2, 0.25) is 5.91 Å². The fourth-order valence-electron chi connectivity index (χ4n) is 4.14. The normalized spacial score (nSPS) is 15.2. The molecule has 0 N–H and O–H groups in total. The summed E-state index contributed by atoms with van der Waals surface area (Å²) in [7, 11) is 0. The van der Waals surface area contributed by atoms with Crippen molar-refractivity contribution in [3.63, 3.8) is 0 Å². The summed E-state index contributed by atoms with van der Waals surface area (Å²) in [6, 6.07) is 11.7. The number of fused-ring (bicyclic) bond motifs is 1. The lowest BCUT2D eigenvalue weighted by Gasteiger charge is -2.19. The van der Waals surface area contributed by atoms with Gasteiger partial charge >= 0.3 is 0 Å². The van der Waals surface area contributed by atoms with Crippen molar-refractivity contribution in [1.82, 2.24) is 4.90 Å². The van der Waals surface area contributed by atoms with Crippen LogP contribution in [0, 0.1) is 0 Å². The average molecular weight is 438 g/mol. The highest BCUT2D eigenvalue weighted by Crippen LogP contribution is 2.37. The monoisotopic (exact) mass is 437 g/mol. The fourth-order valence-corrected chi connectivity index (χ4v) is 4.26. The maximum Gasteiger partial charge on any atom is 0.246 e. The van der Waals surface area contributed by atoms with E-state index in [4.69, 9.17) is 20.8 Å². The predicted octanol–water partition coefficient (Wildman–Crippen LogP) is 6.96. The molecule has 0 aliphatic carbocycles. The molecule has 2 aromatic carbocycles. The zero-order valence-corrected chi connectivity index (χ0v) is 18.9. The number of halogens is 1. The van der Waals surface area contributed by atoms with Gasteiger partial charge in [-0.2, -0.15) is 0 Å². The Kier molecular flexibility index (Phi) is 6.67. The molecule has 1 amide bonds. The summed E-state index contributed by atoms with van der Waals surface area (Å²) in [5, 5.41) is 1.68. The van der Waals surface area contributed by atoms with Gasteiger partial charge < -0.3 is 14.1 Å². The van der Waals surface area contributed by atoms with Gasteiger partial charge in [0.25, 0.3) is 0 Å². The smallest absolute Gasteiger partial charge is 0.246 e. The van der Waals surface area contributed by atoms with Crippen LogP contribution in [0.3, 0.4) is 0 Å². The molecule has 0 radical (unpaired) electrons.